The first-order valence-electron chi connectivity index (χ1n) is 8.84. The normalized spacial score (nSPS) is 11.2. The van der Waals surface area contributed by atoms with Crippen molar-refractivity contribution in [2.75, 3.05) is 18.6 Å². The summed E-state index contributed by atoms with van der Waals surface area (Å²) in [5.41, 5.74) is 4.90. The topological polar surface area (TPSA) is 55.7 Å². The van der Waals surface area contributed by atoms with Crippen molar-refractivity contribution in [2.24, 2.45) is 5.10 Å². The number of nitrogens with one attached hydrogen (secondary N) is 1. The number of aromatic nitrogens is 1. The first-order valence-corrected chi connectivity index (χ1v) is 9.66. The number of benzene rings is 2. The van der Waals surface area contributed by atoms with Crippen molar-refractivity contribution < 1.29 is 9.47 Å². The molecule has 0 fully saturated rings. The highest BCUT2D eigenvalue weighted by molar-refractivity contribution is 7.22. The molecular formula is C20H23N3O2S. The van der Waals surface area contributed by atoms with Gasteiger partial charge in [0, 0.05) is 0 Å². The van der Waals surface area contributed by atoms with Gasteiger partial charge in [-0.1, -0.05) is 36.8 Å². The lowest BCUT2D eigenvalue weighted by Gasteiger charge is -2.12. The molecule has 0 spiro atoms. The van der Waals surface area contributed by atoms with Gasteiger partial charge in [0.25, 0.3) is 0 Å². The number of hydrogen-bond acceptors (Lipinski definition) is 6. The monoisotopic (exact) mass is 369 g/mol. The number of anilines is 1. The zero-order valence-corrected chi connectivity index (χ0v) is 15.9. The SMILES string of the molecule is CCCCOc1ccc(/C=N/Nc2nc3ccccc3s2)cc1OCC. The molecule has 3 aromatic rings. The molecule has 0 radical (unpaired) electrons. The van der Waals surface area contributed by atoms with Crippen molar-refractivity contribution in [3.8, 4) is 11.5 Å². The molecule has 3 rings (SSSR count). The summed E-state index contributed by atoms with van der Waals surface area (Å²) in [6, 6.07) is 13.9. The predicted octanol–water partition coefficient (Wildman–Crippen LogP) is 5.32. The molecule has 0 aliphatic heterocycles. The molecule has 0 aliphatic carbocycles. The molecule has 5 nitrogen and oxygen atoms in total. The van der Waals surface area contributed by atoms with E-state index in [0.29, 0.717) is 13.2 Å². The van der Waals surface area contributed by atoms with Crippen LogP contribution in [0.4, 0.5) is 5.13 Å². The number of unbranched alkanes of at least 4 members (excludes halogenated alkanes) is 1. The maximum absolute atomic E-state index is 5.80. The zero-order valence-electron chi connectivity index (χ0n) is 15.1. The summed E-state index contributed by atoms with van der Waals surface area (Å²) >= 11 is 1.58. The summed E-state index contributed by atoms with van der Waals surface area (Å²) in [6.07, 6.45) is 3.89. The van der Waals surface area contributed by atoms with Gasteiger partial charge in [-0.05, 0) is 49.2 Å². The van der Waals surface area contributed by atoms with Gasteiger partial charge in [-0.3, -0.25) is 5.43 Å². The molecule has 0 unspecified atom stereocenters. The van der Waals surface area contributed by atoms with Crippen LogP contribution in [0, 0.1) is 0 Å². The fourth-order valence-electron chi connectivity index (χ4n) is 2.40. The minimum absolute atomic E-state index is 0.592. The fourth-order valence-corrected chi connectivity index (χ4v) is 3.22. The van der Waals surface area contributed by atoms with E-state index in [9.17, 15) is 0 Å². The molecule has 0 saturated heterocycles. The fraction of sp³-hybridized carbons (Fsp3) is 0.300. The smallest absolute Gasteiger partial charge is 0.204 e. The van der Waals surface area contributed by atoms with Gasteiger partial charge in [-0.15, -0.1) is 0 Å². The summed E-state index contributed by atoms with van der Waals surface area (Å²) in [6.45, 7) is 5.40. The van der Waals surface area contributed by atoms with Crippen LogP contribution in [-0.2, 0) is 0 Å². The molecule has 0 aliphatic rings. The second-order valence-electron chi connectivity index (χ2n) is 5.70. The van der Waals surface area contributed by atoms with Gasteiger partial charge in [0.05, 0.1) is 29.6 Å². The highest BCUT2D eigenvalue weighted by Crippen LogP contribution is 2.28. The molecule has 1 aromatic heterocycles. The Morgan fingerprint density at radius 1 is 1.12 bits per heavy atom. The first-order chi connectivity index (χ1) is 12.8. The Morgan fingerprint density at radius 3 is 2.81 bits per heavy atom. The highest BCUT2D eigenvalue weighted by atomic mass is 32.1. The van der Waals surface area contributed by atoms with E-state index in [1.807, 2.05) is 49.4 Å². The van der Waals surface area contributed by atoms with Crippen molar-refractivity contribution in [1.29, 1.82) is 0 Å². The maximum atomic E-state index is 5.80. The number of para-hydroxylation sites is 1. The van der Waals surface area contributed by atoms with Gasteiger partial charge >= 0.3 is 0 Å². The Kier molecular flexibility index (Phi) is 6.44. The lowest BCUT2D eigenvalue weighted by molar-refractivity contribution is 0.272. The molecule has 1 N–H and O–H groups in total. The van der Waals surface area contributed by atoms with E-state index in [0.717, 1.165) is 45.3 Å². The third kappa shape index (κ3) is 4.73. The number of rotatable bonds is 9. The van der Waals surface area contributed by atoms with E-state index >= 15 is 0 Å². The number of nitrogens with zero attached hydrogens (tertiary/aromatic N) is 2. The lowest BCUT2D eigenvalue weighted by Crippen LogP contribution is -2.01. The van der Waals surface area contributed by atoms with Gasteiger partial charge in [0.15, 0.2) is 11.5 Å². The van der Waals surface area contributed by atoms with Crippen LogP contribution < -0.4 is 14.9 Å². The summed E-state index contributed by atoms with van der Waals surface area (Å²) in [4.78, 5) is 4.50. The van der Waals surface area contributed by atoms with E-state index in [2.05, 4.69) is 22.4 Å². The second kappa shape index (κ2) is 9.20. The Balaban J connectivity index is 1.67. The van der Waals surface area contributed by atoms with E-state index in [4.69, 9.17) is 9.47 Å². The van der Waals surface area contributed by atoms with E-state index in [-0.39, 0.29) is 0 Å². The number of ether oxygens (including phenoxy) is 2. The summed E-state index contributed by atoms with van der Waals surface area (Å²) in [5.74, 6) is 1.52. The van der Waals surface area contributed by atoms with Crippen molar-refractivity contribution >= 4 is 32.9 Å². The van der Waals surface area contributed by atoms with E-state index < -0.39 is 0 Å². The van der Waals surface area contributed by atoms with Gasteiger partial charge in [0.1, 0.15) is 0 Å². The van der Waals surface area contributed by atoms with Crippen LogP contribution in [0.1, 0.15) is 32.3 Å². The average Bonchev–Trinajstić information content (AvgIpc) is 3.06. The molecule has 2 aromatic carbocycles. The number of fused-ring (bicyclic) bond motifs is 1. The predicted molar refractivity (Wildman–Crippen MR) is 109 cm³/mol. The van der Waals surface area contributed by atoms with Crippen LogP contribution in [0.15, 0.2) is 47.6 Å². The molecule has 0 saturated carbocycles. The Bertz CT molecular complexity index is 843. The molecule has 0 amide bonds. The van der Waals surface area contributed by atoms with Gasteiger partial charge < -0.3 is 9.47 Å². The van der Waals surface area contributed by atoms with Gasteiger partial charge in [0.2, 0.25) is 5.13 Å². The summed E-state index contributed by atoms with van der Waals surface area (Å²) < 4.78 is 12.6. The summed E-state index contributed by atoms with van der Waals surface area (Å²) in [5, 5.41) is 5.06. The largest absolute Gasteiger partial charge is 0.490 e. The van der Waals surface area contributed by atoms with E-state index in [1.54, 1.807) is 17.6 Å². The van der Waals surface area contributed by atoms with Crippen LogP contribution >= 0.6 is 11.3 Å². The molecule has 1 heterocycles. The maximum Gasteiger partial charge on any atom is 0.204 e. The van der Waals surface area contributed by atoms with Crippen LogP contribution in [0.2, 0.25) is 0 Å². The summed E-state index contributed by atoms with van der Waals surface area (Å²) in [7, 11) is 0. The second-order valence-corrected chi connectivity index (χ2v) is 6.73. The Morgan fingerprint density at radius 2 is 2.00 bits per heavy atom. The van der Waals surface area contributed by atoms with Crippen molar-refractivity contribution in [3.05, 3.63) is 48.0 Å². The van der Waals surface area contributed by atoms with Crippen LogP contribution in [0.25, 0.3) is 10.2 Å². The third-order valence-corrected chi connectivity index (χ3v) is 4.63. The number of hydrazone groups is 1. The minimum atomic E-state index is 0.592. The molecule has 136 valence electrons. The van der Waals surface area contributed by atoms with Gasteiger partial charge in [-0.2, -0.15) is 5.10 Å². The number of hydrogen-bond donors (Lipinski definition) is 1. The number of thiazole rings is 1. The van der Waals surface area contributed by atoms with Crippen molar-refractivity contribution in [3.63, 3.8) is 0 Å². The standard InChI is InChI=1S/C20H23N3O2S/c1-3-5-12-25-17-11-10-15(13-18(17)24-4-2)14-21-23-20-22-16-8-6-7-9-19(16)26-20/h6-11,13-14H,3-5,12H2,1-2H3,(H,22,23)/b21-14+. The molecule has 0 atom stereocenters. The average molecular weight is 369 g/mol. The van der Waals surface area contributed by atoms with Crippen LogP contribution in [0.3, 0.4) is 0 Å². The van der Waals surface area contributed by atoms with Crippen molar-refractivity contribution in [2.45, 2.75) is 26.7 Å². The lowest BCUT2D eigenvalue weighted by atomic mass is 10.2. The van der Waals surface area contributed by atoms with Gasteiger partial charge in [-0.25, -0.2) is 4.98 Å². The molecule has 26 heavy (non-hydrogen) atoms. The molecule has 6 heteroatoms. The minimum Gasteiger partial charge on any atom is -0.490 e. The zero-order chi connectivity index (χ0) is 18.2. The Labute approximate surface area is 157 Å². The van der Waals surface area contributed by atoms with Crippen molar-refractivity contribution in [1.82, 2.24) is 4.98 Å². The molecular weight excluding hydrogens is 346 g/mol. The van der Waals surface area contributed by atoms with E-state index in [1.165, 1.54) is 0 Å². The Hall–Kier alpha value is -2.60. The van der Waals surface area contributed by atoms with Crippen LogP contribution in [-0.4, -0.2) is 24.4 Å². The first kappa shape index (κ1) is 18.2. The highest BCUT2D eigenvalue weighted by Gasteiger charge is 2.06. The quantitative estimate of drug-likeness (QED) is 0.315. The molecule has 0 bridgehead atoms. The van der Waals surface area contributed by atoms with Crippen LogP contribution in [0.5, 0.6) is 11.5 Å². The third-order valence-electron chi connectivity index (χ3n) is 3.69.